The molecule has 0 spiro atoms. The van der Waals surface area contributed by atoms with Crippen molar-refractivity contribution >= 4 is 5.69 Å². The molecule has 86 valence electrons. The maximum atomic E-state index is 9.33. The molecule has 1 N–H and O–H groups in total. The number of aromatic hydroxyl groups is 1. The fourth-order valence-corrected chi connectivity index (χ4v) is 2.18. The molecule has 2 aromatic carbocycles. The predicted molar refractivity (Wildman–Crippen MR) is 70.4 cm³/mol. The Morgan fingerprint density at radius 2 is 1.71 bits per heavy atom. The third-order valence-electron chi connectivity index (χ3n) is 3.25. The zero-order chi connectivity index (χ0) is 11.8. The van der Waals surface area contributed by atoms with Crippen LogP contribution >= 0.6 is 0 Å². The molecule has 1 fully saturated rings. The Bertz CT molecular complexity index is 533. The van der Waals surface area contributed by atoms with Crippen molar-refractivity contribution in [3.8, 4) is 16.9 Å². The van der Waals surface area contributed by atoms with Gasteiger partial charge in [0.25, 0.3) is 0 Å². The van der Waals surface area contributed by atoms with Gasteiger partial charge < -0.3 is 10.0 Å². The first-order valence-electron chi connectivity index (χ1n) is 5.91. The van der Waals surface area contributed by atoms with Gasteiger partial charge in [-0.3, -0.25) is 0 Å². The van der Waals surface area contributed by atoms with Crippen LogP contribution < -0.4 is 4.90 Å². The first kappa shape index (κ1) is 10.2. The third kappa shape index (κ3) is 1.86. The molecule has 0 radical (unpaired) electrons. The Hall–Kier alpha value is -1.96. The molecule has 0 saturated carbocycles. The summed E-state index contributed by atoms with van der Waals surface area (Å²) in [6.45, 7) is 3.36. The van der Waals surface area contributed by atoms with Gasteiger partial charge in [0.2, 0.25) is 0 Å². The van der Waals surface area contributed by atoms with Crippen LogP contribution in [0.3, 0.4) is 0 Å². The highest BCUT2D eigenvalue weighted by molar-refractivity contribution is 5.80. The number of hydrogen-bond acceptors (Lipinski definition) is 2. The molecule has 0 amide bonds. The Labute approximate surface area is 101 Å². The van der Waals surface area contributed by atoms with Crippen molar-refractivity contribution in [2.24, 2.45) is 0 Å². The summed E-state index contributed by atoms with van der Waals surface area (Å²) in [5, 5.41) is 9.33. The highest BCUT2D eigenvalue weighted by Crippen LogP contribution is 2.36. The topological polar surface area (TPSA) is 23.2 Å². The fraction of sp³-hybridized carbons (Fsp3) is 0.200. The Morgan fingerprint density at radius 3 is 2.35 bits per heavy atom. The second-order valence-corrected chi connectivity index (χ2v) is 4.57. The molecule has 1 aliphatic heterocycles. The minimum atomic E-state index is 0.311. The van der Waals surface area contributed by atoms with Crippen molar-refractivity contribution in [2.45, 2.75) is 13.0 Å². The zero-order valence-electron chi connectivity index (χ0n) is 9.80. The van der Waals surface area contributed by atoms with E-state index in [0.717, 1.165) is 12.1 Å². The van der Waals surface area contributed by atoms with Gasteiger partial charge in [-0.1, -0.05) is 30.3 Å². The van der Waals surface area contributed by atoms with E-state index in [1.54, 1.807) is 12.1 Å². The van der Waals surface area contributed by atoms with Gasteiger partial charge in [-0.2, -0.15) is 0 Å². The first-order valence-corrected chi connectivity index (χ1v) is 5.91. The normalized spacial score (nSPS) is 18.2. The first-order chi connectivity index (χ1) is 8.25. The molecule has 1 aliphatic rings. The van der Waals surface area contributed by atoms with Crippen molar-refractivity contribution < 1.29 is 5.11 Å². The SMILES string of the molecule is CC1CN1c1ccccc1-c1ccc(O)cc1. The van der Waals surface area contributed by atoms with E-state index in [1.165, 1.54) is 11.3 Å². The van der Waals surface area contributed by atoms with Crippen LogP contribution in [0, 0.1) is 0 Å². The average Bonchev–Trinajstić information content (AvgIpc) is 3.07. The minimum absolute atomic E-state index is 0.311. The summed E-state index contributed by atoms with van der Waals surface area (Å²) in [4.78, 5) is 2.38. The Morgan fingerprint density at radius 1 is 1.06 bits per heavy atom. The fourth-order valence-electron chi connectivity index (χ4n) is 2.18. The van der Waals surface area contributed by atoms with E-state index in [-0.39, 0.29) is 0 Å². The van der Waals surface area contributed by atoms with Gasteiger partial charge in [0.05, 0.1) is 0 Å². The van der Waals surface area contributed by atoms with E-state index in [0.29, 0.717) is 11.8 Å². The van der Waals surface area contributed by atoms with Gasteiger partial charge in [0.15, 0.2) is 0 Å². The van der Waals surface area contributed by atoms with Gasteiger partial charge >= 0.3 is 0 Å². The molecule has 1 heterocycles. The summed E-state index contributed by atoms with van der Waals surface area (Å²) in [5.74, 6) is 0.311. The molecule has 1 atom stereocenters. The Kier molecular flexibility index (Phi) is 2.29. The predicted octanol–water partition coefficient (Wildman–Crippen LogP) is 3.27. The van der Waals surface area contributed by atoms with Crippen molar-refractivity contribution in [1.29, 1.82) is 0 Å². The minimum Gasteiger partial charge on any atom is -0.508 e. The Balaban J connectivity index is 2.05. The van der Waals surface area contributed by atoms with Crippen LogP contribution in [0.5, 0.6) is 5.75 Å². The van der Waals surface area contributed by atoms with Crippen LogP contribution in [0.2, 0.25) is 0 Å². The summed E-state index contributed by atoms with van der Waals surface area (Å²) in [6, 6.07) is 16.5. The van der Waals surface area contributed by atoms with Crippen molar-refractivity contribution in [3.05, 3.63) is 48.5 Å². The van der Waals surface area contributed by atoms with Gasteiger partial charge in [0.1, 0.15) is 5.75 Å². The number of hydrogen-bond donors (Lipinski definition) is 1. The second kappa shape index (κ2) is 3.81. The highest BCUT2D eigenvalue weighted by atomic mass is 16.3. The molecule has 1 saturated heterocycles. The van der Waals surface area contributed by atoms with Crippen LogP contribution in [-0.4, -0.2) is 17.7 Å². The number of rotatable bonds is 2. The van der Waals surface area contributed by atoms with E-state index >= 15 is 0 Å². The smallest absolute Gasteiger partial charge is 0.115 e. The third-order valence-corrected chi connectivity index (χ3v) is 3.25. The second-order valence-electron chi connectivity index (χ2n) is 4.57. The van der Waals surface area contributed by atoms with E-state index < -0.39 is 0 Å². The van der Waals surface area contributed by atoms with Crippen LogP contribution in [0.4, 0.5) is 5.69 Å². The highest BCUT2D eigenvalue weighted by Gasteiger charge is 2.30. The molecule has 2 heteroatoms. The quantitative estimate of drug-likeness (QED) is 0.793. The molecule has 1 unspecified atom stereocenters. The van der Waals surface area contributed by atoms with E-state index in [2.05, 4.69) is 36.1 Å². The van der Waals surface area contributed by atoms with Crippen molar-refractivity contribution in [3.63, 3.8) is 0 Å². The van der Waals surface area contributed by atoms with Crippen molar-refractivity contribution in [2.75, 3.05) is 11.4 Å². The largest absolute Gasteiger partial charge is 0.508 e. The van der Waals surface area contributed by atoms with Gasteiger partial charge in [-0.15, -0.1) is 0 Å². The zero-order valence-corrected chi connectivity index (χ0v) is 9.80. The number of phenols is 1. The summed E-state index contributed by atoms with van der Waals surface area (Å²) in [7, 11) is 0. The molecule has 0 bridgehead atoms. The maximum absolute atomic E-state index is 9.33. The molecule has 3 rings (SSSR count). The summed E-state index contributed by atoms with van der Waals surface area (Å²) >= 11 is 0. The lowest BCUT2D eigenvalue weighted by Gasteiger charge is -2.11. The van der Waals surface area contributed by atoms with E-state index in [1.807, 2.05) is 12.1 Å². The van der Waals surface area contributed by atoms with Gasteiger partial charge in [0, 0.05) is 23.8 Å². The number of phenolic OH excluding ortho intramolecular Hbond substituents is 1. The lowest BCUT2D eigenvalue weighted by atomic mass is 10.0. The number of benzene rings is 2. The van der Waals surface area contributed by atoms with Crippen LogP contribution in [-0.2, 0) is 0 Å². The number of para-hydroxylation sites is 1. The summed E-state index contributed by atoms with van der Waals surface area (Å²) in [5.41, 5.74) is 3.67. The van der Waals surface area contributed by atoms with E-state index in [9.17, 15) is 5.11 Å². The maximum Gasteiger partial charge on any atom is 0.115 e. The standard InChI is InChI=1S/C15H15NO/c1-11-10-16(11)15-5-3-2-4-14(15)12-6-8-13(17)9-7-12/h2-9,11,17H,10H2,1H3. The molecular formula is C15H15NO. The summed E-state index contributed by atoms with van der Waals surface area (Å²) in [6.07, 6.45) is 0. The van der Waals surface area contributed by atoms with Crippen LogP contribution in [0.25, 0.3) is 11.1 Å². The molecule has 2 nitrogen and oxygen atoms in total. The number of nitrogens with zero attached hydrogens (tertiary/aromatic N) is 1. The van der Waals surface area contributed by atoms with Crippen LogP contribution in [0.15, 0.2) is 48.5 Å². The molecule has 2 aromatic rings. The van der Waals surface area contributed by atoms with Gasteiger partial charge in [-0.25, -0.2) is 0 Å². The van der Waals surface area contributed by atoms with E-state index in [4.69, 9.17) is 0 Å². The summed E-state index contributed by atoms with van der Waals surface area (Å²) < 4.78 is 0. The molecule has 17 heavy (non-hydrogen) atoms. The lowest BCUT2D eigenvalue weighted by Crippen LogP contribution is -1.97. The monoisotopic (exact) mass is 225 g/mol. The molecular weight excluding hydrogens is 210 g/mol. The van der Waals surface area contributed by atoms with Gasteiger partial charge in [-0.05, 0) is 30.7 Å². The lowest BCUT2D eigenvalue weighted by molar-refractivity contribution is 0.475. The number of anilines is 1. The molecule has 0 aromatic heterocycles. The van der Waals surface area contributed by atoms with Crippen molar-refractivity contribution in [1.82, 2.24) is 0 Å². The average molecular weight is 225 g/mol. The van der Waals surface area contributed by atoms with Crippen LogP contribution in [0.1, 0.15) is 6.92 Å². The molecule has 0 aliphatic carbocycles.